The van der Waals surface area contributed by atoms with Gasteiger partial charge in [0.1, 0.15) is 5.75 Å². The lowest BCUT2D eigenvalue weighted by Crippen LogP contribution is -2.32. The summed E-state index contributed by atoms with van der Waals surface area (Å²) in [5.74, 6) is -1.13. The Bertz CT molecular complexity index is 840. The summed E-state index contributed by atoms with van der Waals surface area (Å²) in [7, 11) is 1.53. The van der Waals surface area contributed by atoms with E-state index in [1.807, 2.05) is 6.07 Å². The summed E-state index contributed by atoms with van der Waals surface area (Å²) >= 11 is 9.19. The fourth-order valence-corrected chi connectivity index (χ4v) is 2.57. The van der Waals surface area contributed by atoms with Crippen molar-refractivity contribution in [2.75, 3.05) is 12.4 Å². The van der Waals surface area contributed by atoms with Crippen molar-refractivity contribution in [1.82, 2.24) is 5.43 Å². The van der Waals surface area contributed by atoms with Crippen LogP contribution in [0.1, 0.15) is 11.1 Å². The van der Waals surface area contributed by atoms with Gasteiger partial charge in [0.2, 0.25) is 0 Å². The van der Waals surface area contributed by atoms with Crippen LogP contribution in [0.4, 0.5) is 5.69 Å². The zero-order chi connectivity index (χ0) is 18.4. The van der Waals surface area contributed by atoms with Crippen molar-refractivity contribution in [3.05, 3.63) is 57.0 Å². The number of halogens is 2. The van der Waals surface area contributed by atoms with Gasteiger partial charge in [-0.3, -0.25) is 9.59 Å². The topological polar surface area (TPSA) is 79.8 Å². The highest BCUT2D eigenvalue weighted by Gasteiger charge is 2.14. The van der Waals surface area contributed by atoms with Crippen LogP contribution in [0, 0.1) is 6.92 Å². The number of benzene rings is 2. The fraction of sp³-hybridized carbons (Fsp3) is 0.118. The second-order valence-electron chi connectivity index (χ2n) is 5.00. The molecule has 0 unspecified atom stereocenters. The molecule has 0 saturated heterocycles. The van der Waals surface area contributed by atoms with Gasteiger partial charge in [0.25, 0.3) is 0 Å². The number of amides is 2. The molecule has 0 heterocycles. The van der Waals surface area contributed by atoms with Gasteiger partial charge in [-0.1, -0.05) is 27.5 Å². The minimum atomic E-state index is -0.889. The minimum Gasteiger partial charge on any atom is -0.496 e. The number of hydrogen-bond donors (Lipinski definition) is 2. The Morgan fingerprint density at radius 2 is 1.96 bits per heavy atom. The van der Waals surface area contributed by atoms with Crippen molar-refractivity contribution in [2.24, 2.45) is 5.10 Å². The molecular formula is C17H15BrClN3O3. The summed E-state index contributed by atoms with van der Waals surface area (Å²) in [5.41, 5.74) is 4.07. The third kappa shape index (κ3) is 5.30. The first-order valence-electron chi connectivity index (χ1n) is 7.15. The summed E-state index contributed by atoms with van der Waals surface area (Å²) in [4.78, 5) is 23.7. The summed E-state index contributed by atoms with van der Waals surface area (Å²) in [6.07, 6.45) is 1.39. The van der Waals surface area contributed by atoms with Gasteiger partial charge in [-0.2, -0.15) is 5.10 Å². The van der Waals surface area contributed by atoms with E-state index in [2.05, 4.69) is 31.8 Å². The Kier molecular flexibility index (Phi) is 6.55. The van der Waals surface area contributed by atoms with Crippen molar-refractivity contribution >= 4 is 51.2 Å². The number of anilines is 1. The predicted molar refractivity (Wildman–Crippen MR) is 101 cm³/mol. The summed E-state index contributed by atoms with van der Waals surface area (Å²) in [6, 6.07) is 10.3. The van der Waals surface area contributed by atoms with Crippen molar-refractivity contribution in [1.29, 1.82) is 0 Å². The van der Waals surface area contributed by atoms with E-state index in [1.165, 1.54) is 13.3 Å². The molecule has 6 nitrogen and oxygen atoms in total. The number of hydrogen-bond acceptors (Lipinski definition) is 4. The Morgan fingerprint density at radius 1 is 1.20 bits per heavy atom. The molecule has 0 atom stereocenters. The molecule has 2 N–H and O–H groups in total. The third-order valence-corrected chi connectivity index (χ3v) is 3.93. The van der Waals surface area contributed by atoms with E-state index >= 15 is 0 Å². The highest BCUT2D eigenvalue weighted by atomic mass is 79.9. The van der Waals surface area contributed by atoms with Gasteiger partial charge >= 0.3 is 11.8 Å². The Balaban J connectivity index is 2.00. The Morgan fingerprint density at radius 3 is 2.64 bits per heavy atom. The highest BCUT2D eigenvalue weighted by Crippen LogP contribution is 2.21. The molecule has 0 aliphatic carbocycles. The normalized spacial score (nSPS) is 10.6. The van der Waals surface area contributed by atoms with Crippen LogP contribution in [0.15, 0.2) is 46.0 Å². The number of rotatable bonds is 4. The second-order valence-corrected chi connectivity index (χ2v) is 6.35. The van der Waals surface area contributed by atoms with Gasteiger partial charge < -0.3 is 10.1 Å². The highest BCUT2D eigenvalue weighted by molar-refractivity contribution is 9.10. The largest absolute Gasteiger partial charge is 0.496 e. The first-order valence-corrected chi connectivity index (χ1v) is 8.32. The minimum absolute atomic E-state index is 0.502. The van der Waals surface area contributed by atoms with E-state index in [1.54, 1.807) is 37.3 Å². The summed E-state index contributed by atoms with van der Waals surface area (Å²) in [5, 5.41) is 6.83. The van der Waals surface area contributed by atoms with Crippen LogP contribution in [0.25, 0.3) is 0 Å². The smallest absolute Gasteiger partial charge is 0.329 e. The maximum Gasteiger partial charge on any atom is 0.329 e. The molecule has 0 aliphatic heterocycles. The number of nitrogens with zero attached hydrogens (tertiary/aromatic N) is 1. The van der Waals surface area contributed by atoms with Crippen LogP contribution >= 0.6 is 27.5 Å². The first kappa shape index (κ1) is 19.0. The van der Waals surface area contributed by atoms with Gasteiger partial charge in [-0.05, 0) is 48.9 Å². The average Bonchev–Trinajstić information content (AvgIpc) is 2.57. The lowest BCUT2D eigenvalue weighted by Gasteiger charge is -2.07. The molecule has 0 aliphatic rings. The Hall–Kier alpha value is -2.38. The van der Waals surface area contributed by atoms with E-state index in [4.69, 9.17) is 16.3 Å². The van der Waals surface area contributed by atoms with Crippen LogP contribution in [0.2, 0.25) is 5.02 Å². The zero-order valence-electron chi connectivity index (χ0n) is 13.5. The standard InChI is InChI=1S/C17H15BrClN3O3/c1-10-7-13(19)4-5-14(10)21-16(23)17(24)22-20-9-11-8-12(18)3-6-15(11)25-2/h3-9H,1-2H3,(H,21,23)(H,22,24). The molecule has 2 rings (SSSR count). The third-order valence-electron chi connectivity index (χ3n) is 3.20. The molecule has 0 spiro atoms. The number of carbonyl (C=O) groups is 2. The summed E-state index contributed by atoms with van der Waals surface area (Å²) in [6.45, 7) is 1.77. The van der Waals surface area contributed by atoms with Gasteiger partial charge in [0.15, 0.2) is 0 Å². The van der Waals surface area contributed by atoms with Crippen LogP contribution < -0.4 is 15.5 Å². The number of ether oxygens (including phenoxy) is 1. The second kappa shape index (κ2) is 8.64. The van der Waals surface area contributed by atoms with Crippen molar-refractivity contribution in [3.8, 4) is 5.75 Å². The quantitative estimate of drug-likeness (QED) is 0.448. The molecule has 0 radical (unpaired) electrons. The Labute approximate surface area is 158 Å². The first-order chi connectivity index (χ1) is 11.9. The van der Waals surface area contributed by atoms with E-state index in [-0.39, 0.29) is 0 Å². The van der Waals surface area contributed by atoms with Gasteiger partial charge in [-0.25, -0.2) is 5.43 Å². The van der Waals surface area contributed by atoms with Gasteiger partial charge in [0.05, 0.1) is 13.3 Å². The lowest BCUT2D eigenvalue weighted by atomic mass is 10.2. The van der Waals surface area contributed by atoms with Gasteiger partial charge in [-0.15, -0.1) is 0 Å². The zero-order valence-corrected chi connectivity index (χ0v) is 15.8. The molecule has 0 bridgehead atoms. The van der Waals surface area contributed by atoms with Crippen LogP contribution in [-0.4, -0.2) is 25.1 Å². The molecule has 25 heavy (non-hydrogen) atoms. The van der Waals surface area contributed by atoms with Crippen molar-refractivity contribution in [2.45, 2.75) is 6.92 Å². The molecule has 2 amide bonds. The molecule has 8 heteroatoms. The number of nitrogens with one attached hydrogen (secondary N) is 2. The van der Waals surface area contributed by atoms with Crippen LogP contribution in [0.3, 0.4) is 0 Å². The predicted octanol–water partition coefficient (Wildman–Crippen LogP) is 3.51. The molecule has 130 valence electrons. The molecule has 0 fully saturated rings. The van der Waals surface area contributed by atoms with Crippen molar-refractivity contribution in [3.63, 3.8) is 0 Å². The maximum atomic E-state index is 11.9. The molecular weight excluding hydrogens is 410 g/mol. The molecule has 2 aromatic carbocycles. The fourth-order valence-electron chi connectivity index (χ4n) is 1.96. The summed E-state index contributed by atoms with van der Waals surface area (Å²) < 4.78 is 6.02. The van der Waals surface area contributed by atoms with E-state index in [0.717, 1.165) is 10.0 Å². The average molecular weight is 425 g/mol. The SMILES string of the molecule is COc1ccc(Br)cc1C=NNC(=O)C(=O)Nc1ccc(Cl)cc1C. The van der Waals surface area contributed by atoms with E-state index in [0.29, 0.717) is 22.0 Å². The van der Waals surface area contributed by atoms with Crippen molar-refractivity contribution < 1.29 is 14.3 Å². The van der Waals surface area contributed by atoms with Crippen LogP contribution in [0.5, 0.6) is 5.75 Å². The van der Waals surface area contributed by atoms with E-state index < -0.39 is 11.8 Å². The van der Waals surface area contributed by atoms with Gasteiger partial charge in [0, 0.05) is 20.7 Å². The monoisotopic (exact) mass is 423 g/mol. The number of carbonyl (C=O) groups excluding carboxylic acids is 2. The molecule has 0 aromatic heterocycles. The maximum absolute atomic E-state index is 11.9. The number of methoxy groups -OCH3 is 1. The molecule has 0 saturated carbocycles. The number of aryl methyl sites for hydroxylation is 1. The number of hydrazone groups is 1. The lowest BCUT2D eigenvalue weighted by molar-refractivity contribution is -0.136. The van der Waals surface area contributed by atoms with Crippen LogP contribution in [-0.2, 0) is 9.59 Å². The molecule has 2 aromatic rings. The van der Waals surface area contributed by atoms with E-state index in [9.17, 15) is 9.59 Å².